The van der Waals surface area contributed by atoms with Crippen LogP contribution in [0.25, 0.3) is 0 Å². The lowest BCUT2D eigenvalue weighted by molar-refractivity contribution is -0.127. The molecule has 0 spiro atoms. The van der Waals surface area contributed by atoms with Gasteiger partial charge in [-0.15, -0.1) is 0 Å². The van der Waals surface area contributed by atoms with Crippen LogP contribution in [0, 0.1) is 12.8 Å². The number of rotatable bonds is 3. The minimum Gasteiger partial charge on any atom is -0.351 e. The Morgan fingerprint density at radius 3 is 2.84 bits per heavy atom. The molecule has 3 heterocycles. The van der Waals surface area contributed by atoms with E-state index in [1.807, 2.05) is 37.4 Å². The zero-order valence-electron chi connectivity index (χ0n) is 14.3. The first-order valence-corrected chi connectivity index (χ1v) is 8.77. The fourth-order valence-corrected chi connectivity index (χ4v) is 3.66. The van der Waals surface area contributed by atoms with E-state index >= 15 is 0 Å². The second kappa shape index (κ2) is 6.35. The number of benzene rings is 1. The van der Waals surface area contributed by atoms with E-state index in [1.165, 1.54) is 0 Å². The monoisotopic (exact) mass is 338 g/mol. The Hall–Kier alpha value is -2.63. The van der Waals surface area contributed by atoms with Gasteiger partial charge in [0.2, 0.25) is 11.8 Å². The van der Waals surface area contributed by atoms with Crippen molar-refractivity contribution in [1.82, 2.24) is 14.9 Å². The maximum absolute atomic E-state index is 12.6. The molecular weight excluding hydrogens is 316 g/mol. The number of fused-ring (bicyclic) bond motifs is 1. The zero-order chi connectivity index (χ0) is 17.4. The summed E-state index contributed by atoms with van der Waals surface area (Å²) in [7, 11) is 0. The molecule has 0 aliphatic carbocycles. The molecule has 2 aliphatic heterocycles. The van der Waals surface area contributed by atoms with Crippen LogP contribution in [0.15, 0.2) is 36.7 Å². The Morgan fingerprint density at radius 1 is 1.24 bits per heavy atom. The summed E-state index contributed by atoms with van der Waals surface area (Å²) in [6.07, 6.45) is 5.80. The molecule has 1 N–H and O–H groups in total. The van der Waals surface area contributed by atoms with Crippen LogP contribution in [0.4, 0.5) is 5.69 Å². The molecule has 2 aromatic rings. The second-order valence-corrected chi connectivity index (χ2v) is 6.98. The molecule has 0 saturated carbocycles. The summed E-state index contributed by atoms with van der Waals surface area (Å²) in [6, 6.07) is 7.96. The van der Waals surface area contributed by atoms with Crippen molar-refractivity contribution in [3.8, 4) is 0 Å². The van der Waals surface area contributed by atoms with E-state index in [0.29, 0.717) is 6.54 Å². The van der Waals surface area contributed by atoms with Gasteiger partial charge in [0.05, 0.1) is 5.92 Å². The number of hydrogen-bond acceptors (Lipinski definition) is 3. The van der Waals surface area contributed by atoms with E-state index in [1.54, 1.807) is 11.1 Å². The number of aryl methyl sites for hydroxylation is 2. The molecule has 4 rings (SSSR count). The molecule has 2 atom stereocenters. The molecule has 2 aliphatic rings. The van der Waals surface area contributed by atoms with Crippen molar-refractivity contribution in [2.45, 2.75) is 38.8 Å². The van der Waals surface area contributed by atoms with Crippen molar-refractivity contribution in [3.63, 3.8) is 0 Å². The molecule has 1 aromatic heterocycles. The van der Waals surface area contributed by atoms with Crippen LogP contribution < -0.4 is 10.2 Å². The number of nitrogens with one attached hydrogen (secondary N) is 1. The first-order valence-electron chi connectivity index (χ1n) is 8.77. The minimum atomic E-state index is -0.280. The summed E-state index contributed by atoms with van der Waals surface area (Å²) >= 11 is 0. The number of amides is 2. The first-order chi connectivity index (χ1) is 12.1. The Kier molecular flexibility index (Phi) is 4.03. The Morgan fingerprint density at radius 2 is 2.04 bits per heavy atom. The minimum absolute atomic E-state index is 0.0171. The van der Waals surface area contributed by atoms with E-state index < -0.39 is 0 Å². The average Bonchev–Trinajstić information content (AvgIpc) is 3.22. The van der Waals surface area contributed by atoms with Gasteiger partial charge in [0.25, 0.3) is 0 Å². The normalized spacial score (nSPS) is 22.8. The maximum Gasteiger partial charge on any atom is 0.227 e. The van der Waals surface area contributed by atoms with Crippen molar-refractivity contribution in [2.24, 2.45) is 5.92 Å². The lowest BCUT2D eigenvalue weighted by atomic mass is 10.0. The van der Waals surface area contributed by atoms with Crippen molar-refractivity contribution < 1.29 is 9.59 Å². The van der Waals surface area contributed by atoms with Crippen LogP contribution in [0.1, 0.15) is 24.2 Å². The van der Waals surface area contributed by atoms with Crippen molar-refractivity contribution >= 4 is 17.5 Å². The third-order valence-electron chi connectivity index (χ3n) is 5.12. The van der Waals surface area contributed by atoms with E-state index in [0.717, 1.165) is 36.5 Å². The summed E-state index contributed by atoms with van der Waals surface area (Å²) in [4.78, 5) is 31.0. The van der Waals surface area contributed by atoms with Gasteiger partial charge < -0.3 is 14.8 Å². The lowest BCUT2D eigenvalue weighted by Crippen LogP contribution is -2.44. The van der Waals surface area contributed by atoms with Gasteiger partial charge in [-0.1, -0.05) is 17.7 Å². The van der Waals surface area contributed by atoms with Gasteiger partial charge in [-0.25, -0.2) is 4.98 Å². The van der Waals surface area contributed by atoms with Gasteiger partial charge >= 0.3 is 0 Å². The predicted molar refractivity (Wildman–Crippen MR) is 94.1 cm³/mol. The third-order valence-corrected chi connectivity index (χ3v) is 5.12. The Balaban J connectivity index is 1.38. The number of nitrogens with zero attached hydrogens (tertiary/aromatic N) is 3. The highest BCUT2D eigenvalue weighted by Crippen LogP contribution is 2.26. The number of carbonyl (C=O) groups is 2. The molecule has 130 valence electrons. The molecule has 1 aromatic carbocycles. The lowest BCUT2D eigenvalue weighted by Gasteiger charge is -2.26. The second-order valence-electron chi connectivity index (χ2n) is 6.98. The first kappa shape index (κ1) is 15.9. The molecule has 0 bridgehead atoms. The molecule has 2 amide bonds. The summed E-state index contributed by atoms with van der Waals surface area (Å²) < 4.78 is 2.09. The van der Waals surface area contributed by atoms with Gasteiger partial charge in [-0.3, -0.25) is 9.59 Å². The van der Waals surface area contributed by atoms with E-state index in [2.05, 4.69) is 14.9 Å². The van der Waals surface area contributed by atoms with Gasteiger partial charge in [-0.05, 0) is 25.5 Å². The molecule has 1 saturated heterocycles. The Bertz CT molecular complexity index is 796. The number of aromatic nitrogens is 2. The highest BCUT2D eigenvalue weighted by molar-refractivity contribution is 6.00. The quantitative estimate of drug-likeness (QED) is 0.926. The van der Waals surface area contributed by atoms with Crippen LogP contribution in [-0.2, 0) is 22.6 Å². The van der Waals surface area contributed by atoms with Crippen LogP contribution >= 0.6 is 0 Å². The zero-order valence-corrected chi connectivity index (χ0v) is 14.3. The fourth-order valence-electron chi connectivity index (χ4n) is 3.66. The number of carbonyl (C=O) groups excluding carboxylic acids is 2. The molecule has 1 fully saturated rings. The van der Waals surface area contributed by atoms with Crippen LogP contribution in [0.2, 0.25) is 0 Å². The smallest absolute Gasteiger partial charge is 0.227 e. The highest BCUT2D eigenvalue weighted by atomic mass is 16.2. The Labute approximate surface area is 146 Å². The molecule has 6 nitrogen and oxygen atoms in total. The van der Waals surface area contributed by atoms with Gasteiger partial charge in [0, 0.05) is 50.1 Å². The van der Waals surface area contributed by atoms with Crippen LogP contribution in [-0.4, -0.2) is 34.0 Å². The average molecular weight is 338 g/mol. The standard InChI is InChI=1S/C19H22N4O2/c1-13-2-5-16(6-3-13)23-11-14(10-18(23)24)19(25)21-15-4-7-17-20-8-9-22(17)12-15/h2-3,5-6,8-9,14-15H,4,7,10-12H2,1H3,(H,21,25). The van der Waals surface area contributed by atoms with Crippen LogP contribution in [0.3, 0.4) is 0 Å². The summed E-state index contributed by atoms with van der Waals surface area (Å²) in [5.41, 5.74) is 2.02. The molecule has 25 heavy (non-hydrogen) atoms. The van der Waals surface area contributed by atoms with Gasteiger partial charge in [0.15, 0.2) is 0 Å². The number of imidazole rings is 1. The molecular formula is C19H22N4O2. The van der Waals surface area contributed by atoms with E-state index in [-0.39, 0.29) is 30.2 Å². The van der Waals surface area contributed by atoms with Crippen molar-refractivity contribution in [3.05, 3.63) is 48.0 Å². The van der Waals surface area contributed by atoms with Crippen molar-refractivity contribution in [2.75, 3.05) is 11.4 Å². The third kappa shape index (κ3) is 3.16. The SMILES string of the molecule is Cc1ccc(N2CC(C(=O)NC3CCc4nccn4C3)CC2=O)cc1. The fraction of sp³-hybridized carbons (Fsp3) is 0.421. The number of anilines is 1. The topological polar surface area (TPSA) is 67.2 Å². The molecule has 2 unspecified atom stereocenters. The maximum atomic E-state index is 12.6. The summed E-state index contributed by atoms with van der Waals surface area (Å²) in [5.74, 6) is 0.797. The van der Waals surface area contributed by atoms with Gasteiger partial charge in [0.1, 0.15) is 5.82 Å². The predicted octanol–water partition coefficient (Wildman–Crippen LogP) is 1.68. The van der Waals surface area contributed by atoms with Crippen molar-refractivity contribution in [1.29, 1.82) is 0 Å². The number of hydrogen-bond donors (Lipinski definition) is 1. The molecule has 6 heteroatoms. The van der Waals surface area contributed by atoms with Crippen LogP contribution in [0.5, 0.6) is 0 Å². The largest absolute Gasteiger partial charge is 0.351 e. The van der Waals surface area contributed by atoms with E-state index in [9.17, 15) is 9.59 Å². The van der Waals surface area contributed by atoms with E-state index in [4.69, 9.17) is 0 Å². The summed E-state index contributed by atoms with van der Waals surface area (Å²) in [5, 5.41) is 3.13. The molecule has 0 radical (unpaired) electrons. The van der Waals surface area contributed by atoms with Gasteiger partial charge in [-0.2, -0.15) is 0 Å². The highest BCUT2D eigenvalue weighted by Gasteiger charge is 2.36. The summed E-state index contributed by atoms with van der Waals surface area (Å²) in [6.45, 7) is 3.22.